The first-order valence-corrected chi connectivity index (χ1v) is 10.2. The second kappa shape index (κ2) is 10.1. The molecule has 0 amide bonds. The van der Waals surface area contributed by atoms with Crippen molar-refractivity contribution in [1.29, 1.82) is 0 Å². The molecule has 1 saturated carbocycles. The van der Waals surface area contributed by atoms with Gasteiger partial charge in [-0.2, -0.15) is 0 Å². The summed E-state index contributed by atoms with van der Waals surface area (Å²) in [7, 11) is 6.37. The Hall–Kier alpha value is -0.830. The van der Waals surface area contributed by atoms with Crippen LogP contribution in [0.4, 0.5) is 0 Å². The molecular weight excluding hydrogens is 451 g/mol. The highest BCUT2D eigenvalue weighted by atomic mass is 127. The Morgan fingerprint density at radius 3 is 2.63 bits per heavy atom. The number of likely N-dealkylation sites (tertiary alicyclic amines) is 1. The van der Waals surface area contributed by atoms with Crippen molar-refractivity contribution >= 4 is 29.9 Å². The summed E-state index contributed by atoms with van der Waals surface area (Å²) in [5, 5.41) is 3.72. The molecule has 1 aliphatic carbocycles. The maximum atomic E-state index is 4.62. The summed E-state index contributed by atoms with van der Waals surface area (Å²) < 4.78 is 2.26. The third-order valence-electron chi connectivity index (χ3n) is 6.65. The quantitative estimate of drug-likeness (QED) is 0.402. The molecule has 1 aromatic heterocycles. The smallest absolute Gasteiger partial charge is 0.193 e. The summed E-state index contributed by atoms with van der Waals surface area (Å²) in [6.07, 6.45) is 13.7. The number of hydrogen-bond acceptors (Lipinski definition) is 3. The van der Waals surface area contributed by atoms with E-state index in [4.69, 9.17) is 0 Å². The monoisotopic (exact) mass is 488 g/mol. The van der Waals surface area contributed by atoms with Crippen LogP contribution >= 0.6 is 24.0 Å². The maximum Gasteiger partial charge on any atom is 0.193 e. The van der Waals surface area contributed by atoms with Crippen LogP contribution in [0.1, 0.15) is 51.5 Å². The van der Waals surface area contributed by atoms with Gasteiger partial charge in [0.1, 0.15) is 0 Å². The lowest BCUT2D eigenvalue weighted by Gasteiger charge is -2.45. The van der Waals surface area contributed by atoms with Crippen LogP contribution in [-0.4, -0.2) is 71.6 Å². The van der Waals surface area contributed by atoms with E-state index >= 15 is 0 Å². The zero-order chi connectivity index (χ0) is 18.6. The van der Waals surface area contributed by atoms with Crippen LogP contribution in [-0.2, 0) is 0 Å². The first-order chi connectivity index (χ1) is 12.6. The van der Waals surface area contributed by atoms with Gasteiger partial charge in [-0.1, -0.05) is 26.2 Å². The fourth-order valence-corrected chi connectivity index (χ4v) is 4.66. The van der Waals surface area contributed by atoms with Crippen LogP contribution in [0.2, 0.25) is 0 Å². The van der Waals surface area contributed by atoms with Gasteiger partial charge in [0.05, 0.1) is 12.4 Å². The minimum atomic E-state index is 0. The molecule has 0 bridgehead atoms. The third-order valence-corrected chi connectivity index (χ3v) is 6.65. The van der Waals surface area contributed by atoms with Gasteiger partial charge in [-0.3, -0.25) is 4.99 Å². The molecule has 2 atom stereocenters. The van der Waals surface area contributed by atoms with Crippen LogP contribution in [0.15, 0.2) is 23.7 Å². The van der Waals surface area contributed by atoms with Gasteiger partial charge in [-0.05, 0) is 39.3 Å². The van der Waals surface area contributed by atoms with Gasteiger partial charge in [0.25, 0.3) is 0 Å². The zero-order valence-electron chi connectivity index (χ0n) is 17.4. The molecule has 2 unspecified atom stereocenters. The highest BCUT2D eigenvalue weighted by molar-refractivity contribution is 14.0. The average Bonchev–Trinajstić information content (AvgIpc) is 3.18. The lowest BCUT2D eigenvalue weighted by molar-refractivity contribution is 0.102. The number of halogens is 1. The summed E-state index contributed by atoms with van der Waals surface area (Å²) in [6, 6.07) is 0.460. The molecule has 1 aliphatic heterocycles. The summed E-state index contributed by atoms with van der Waals surface area (Å²) in [5.74, 6) is 1.71. The lowest BCUT2D eigenvalue weighted by atomic mass is 9.80. The molecule has 2 fully saturated rings. The number of aromatic nitrogens is 2. The van der Waals surface area contributed by atoms with E-state index in [9.17, 15) is 0 Å². The fraction of sp³-hybridized carbons (Fsp3) is 0.800. The Bertz CT molecular complexity index is 579. The predicted octanol–water partition coefficient (Wildman–Crippen LogP) is 3.22. The lowest BCUT2D eigenvalue weighted by Crippen LogP contribution is -2.57. The number of rotatable bonds is 4. The van der Waals surface area contributed by atoms with E-state index in [1.807, 2.05) is 19.6 Å². The minimum absolute atomic E-state index is 0. The molecule has 27 heavy (non-hydrogen) atoms. The van der Waals surface area contributed by atoms with E-state index in [0.29, 0.717) is 12.0 Å². The first kappa shape index (κ1) is 22.5. The Morgan fingerprint density at radius 2 is 2.04 bits per heavy atom. The molecule has 154 valence electrons. The molecule has 0 radical (unpaired) electrons. The van der Waals surface area contributed by atoms with Gasteiger partial charge in [0.15, 0.2) is 5.96 Å². The van der Waals surface area contributed by atoms with Gasteiger partial charge >= 0.3 is 0 Å². The highest BCUT2D eigenvalue weighted by Gasteiger charge is 2.35. The molecule has 2 aliphatic rings. The van der Waals surface area contributed by atoms with Crippen LogP contribution in [0.5, 0.6) is 0 Å². The van der Waals surface area contributed by atoms with Crippen LogP contribution in [0.3, 0.4) is 0 Å². The average molecular weight is 488 g/mol. The van der Waals surface area contributed by atoms with E-state index in [0.717, 1.165) is 25.6 Å². The van der Waals surface area contributed by atoms with Gasteiger partial charge < -0.3 is 19.7 Å². The van der Waals surface area contributed by atoms with Crippen molar-refractivity contribution in [3.63, 3.8) is 0 Å². The number of aliphatic imine (C=N–C) groups is 1. The van der Waals surface area contributed by atoms with Crippen molar-refractivity contribution < 1.29 is 0 Å². The third kappa shape index (κ3) is 5.16. The molecular formula is C20H37IN6. The maximum absolute atomic E-state index is 4.62. The summed E-state index contributed by atoms with van der Waals surface area (Å²) in [4.78, 5) is 13.7. The van der Waals surface area contributed by atoms with Crippen LogP contribution in [0, 0.1) is 5.92 Å². The van der Waals surface area contributed by atoms with Crippen molar-refractivity contribution in [2.45, 2.75) is 57.0 Å². The van der Waals surface area contributed by atoms with Crippen molar-refractivity contribution in [2.24, 2.45) is 10.9 Å². The minimum Gasteiger partial charge on any atom is -0.354 e. The van der Waals surface area contributed by atoms with Gasteiger partial charge in [0, 0.05) is 44.6 Å². The van der Waals surface area contributed by atoms with Crippen molar-refractivity contribution in [2.75, 3.05) is 40.8 Å². The molecule has 7 heteroatoms. The summed E-state index contributed by atoms with van der Waals surface area (Å²) in [6.45, 7) is 5.39. The second-order valence-electron chi connectivity index (χ2n) is 8.37. The Morgan fingerprint density at radius 1 is 1.30 bits per heavy atom. The van der Waals surface area contributed by atoms with Crippen molar-refractivity contribution in [3.8, 4) is 0 Å². The molecule has 1 saturated heterocycles. The van der Waals surface area contributed by atoms with Gasteiger partial charge in [-0.15, -0.1) is 24.0 Å². The van der Waals surface area contributed by atoms with E-state index in [-0.39, 0.29) is 29.5 Å². The molecule has 2 heterocycles. The SMILES string of the molecule is CN=C(NCC1(N(C)C)CCCCC1)N1CCC(C)C(n2ccnc2)C1.I. The molecule has 6 nitrogen and oxygen atoms in total. The van der Waals surface area contributed by atoms with Crippen LogP contribution in [0.25, 0.3) is 0 Å². The molecule has 0 aromatic carbocycles. The summed E-state index contributed by atoms with van der Waals surface area (Å²) >= 11 is 0. The number of guanidine groups is 1. The van der Waals surface area contributed by atoms with Crippen LogP contribution < -0.4 is 5.32 Å². The number of hydrogen-bond donors (Lipinski definition) is 1. The van der Waals surface area contributed by atoms with E-state index in [1.54, 1.807) is 0 Å². The number of imidazole rings is 1. The normalized spacial score (nSPS) is 26.0. The summed E-state index contributed by atoms with van der Waals surface area (Å²) in [5.41, 5.74) is 0.265. The van der Waals surface area contributed by atoms with Crippen molar-refractivity contribution in [1.82, 2.24) is 24.7 Å². The predicted molar refractivity (Wildman–Crippen MR) is 123 cm³/mol. The topological polar surface area (TPSA) is 48.7 Å². The highest BCUT2D eigenvalue weighted by Crippen LogP contribution is 2.32. The Labute approximate surface area is 181 Å². The Balaban J connectivity index is 0.00000261. The standard InChI is InChI=1S/C20H36N6.HI/c1-17-8-12-25(14-18(17)26-13-11-22-16-26)19(21-2)23-15-20(24(3)4)9-6-5-7-10-20;/h11,13,16-18H,5-10,12,14-15H2,1-4H3,(H,21,23);1H. The van der Waals surface area contributed by atoms with E-state index in [1.165, 1.54) is 38.5 Å². The first-order valence-electron chi connectivity index (χ1n) is 10.2. The largest absolute Gasteiger partial charge is 0.354 e. The molecule has 1 N–H and O–H groups in total. The fourth-order valence-electron chi connectivity index (χ4n) is 4.66. The number of likely N-dealkylation sites (N-methyl/N-ethyl adjacent to an activating group) is 1. The number of nitrogens with one attached hydrogen (secondary N) is 1. The zero-order valence-corrected chi connectivity index (χ0v) is 19.7. The molecule has 3 rings (SSSR count). The van der Waals surface area contributed by atoms with Gasteiger partial charge in [0.2, 0.25) is 0 Å². The molecule has 0 spiro atoms. The number of piperidine rings is 1. The van der Waals surface area contributed by atoms with Crippen molar-refractivity contribution in [3.05, 3.63) is 18.7 Å². The number of nitrogens with zero attached hydrogens (tertiary/aromatic N) is 5. The molecule has 1 aromatic rings. The Kier molecular flexibility index (Phi) is 8.39. The second-order valence-corrected chi connectivity index (χ2v) is 8.37. The van der Waals surface area contributed by atoms with E-state index in [2.05, 4.69) is 56.9 Å². The van der Waals surface area contributed by atoms with Gasteiger partial charge in [-0.25, -0.2) is 4.98 Å². The van der Waals surface area contributed by atoms with E-state index < -0.39 is 0 Å².